The van der Waals surface area contributed by atoms with Crippen LogP contribution in [-0.2, 0) is 10.0 Å². The lowest BCUT2D eigenvalue weighted by Gasteiger charge is -2.56. The zero-order valence-corrected chi connectivity index (χ0v) is 28.0. The highest BCUT2D eigenvalue weighted by molar-refractivity contribution is 7.90. The van der Waals surface area contributed by atoms with E-state index in [9.17, 15) is 13.2 Å². The van der Waals surface area contributed by atoms with Gasteiger partial charge in [0.1, 0.15) is 5.75 Å². The molecule has 8 heteroatoms. The van der Waals surface area contributed by atoms with Gasteiger partial charge in [0.15, 0.2) is 0 Å². The minimum Gasteiger partial charge on any atom is -0.494 e. The predicted octanol–water partition coefficient (Wildman–Crippen LogP) is 6.91. The van der Waals surface area contributed by atoms with Crippen molar-refractivity contribution in [2.75, 3.05) is 43.4 Å². The van der Waals surface area contributed by atoms with E-state index in [0.717, 1.165) is 62.4 Å². The first-order valence-corrected chi connectivity index (χ1v) is 18.8. The highest BCUT2D eigenvalue weighted by atomic mass is 32.2. The molecule has 3 aromatic carbocycles. The van der Waals surface area contributed by atoms with Crippen molar-refractivity contribution in [1.29, 1.82) is 0 Å². The second-order valence-electron chi connectivity index (χ2n) is 14.4. The van der Waals surface area contributed by atoms with Crippen LogP contribution in [0, 0.1) is 23.2 Å². The second kappa shape index (κ2) is 12.7. The van der Waals surface area contributed by atoms with Gasteiger partial charge in [0.25, 0.3) is 5.91 Å². The van der Waals surface area contributed by atoms with Crippen LogP contribution in [0.25, 0.3) is 11.1 Å². The first-order chi connectivity index (χ1) is 22.2. The Morgan fingerprint density at radius 2 is 1.50 bits per heavy atom. The van der Waals surface area contributed by atoms with Crippen molar-refractivity contribution < 1.29 is 17.9 Å². The third-order valence-electron chi connectivity index (χ3n) is 11.1. The second-order valence-corrected chi connectivity index (χ2v) is 16.2. The summed E-state index contributed by atoms with van der Waals surface area (Å²) in [4.78, 5) is 17.9. The number of benzene rings is 3. The van der Waals surface area contributed by atoms with Gasteiger partial charge in [-0.3, -0.25) is 9.69 Å². The summed E-state index contributed by atoms with van der Waals surface area (Å²) in [6.07, 6.45) is 6.82. The molecule has 1 saturated heterocycles. The van der Waals surface area contributed by atoms with Crippen LogP contribution in [0.2, 0.25) is 0 Å². The molecule has 4 aliphatic carbocycles. The third kappa shape index (κ3) is 6.70. The minimum absolute atomic E-state index is 0.0858. The van der Waals surface area contributed by atoms with E-state index in [0.29, 0.717) is 36.0 Å². The molecule has 7 nitrogen and oxygen atoms in total. The maximum atomic E-state index is 13.2. The van der Waals surface area contributed by atoms with Gasteiger partial charge < -0.3 is 9.64 Å². The maximum Gasteiger partial charge on any atom is 0.264 e. The summed E-state index contributed by atoms with van der Waals surface area (Å²) >= 11 is 0. The van der Waals surface area contributed by atoms with E-state index in [4.69, 9.17) is 4.74 Å². The van der Waals surface area contributed by atoms with E-state index in [-0.39, 0.29) is 11.2 Å². The number of carbonyl (C=O) groups excluding carboxylic acids is 1. The molecule has 1 amide bonds. The topological polar surface area (TPSA) is 79.0 Å². The van der Waals surface area contributed by atoms with Gasteiger partial charge in [-0.15, -0.1) is 0 Å². The minimum atomic E-state index is -3.70. The van der Waals surface area contributed by atoms with Crippen molar-refractivity contribution in [1.82, 2.24) is 9.62 Å². The van der Waals surface area contributed by atoms with Crippen molar-refractivity contribution in [2.45, 2.75) is 58.4 Å². The smallest absolute Gasteiger partial charge is 0.264 e. The number of carbonyl (C=O) groups is 1. The van der Waals surface area contributed by atoms with Crippen molar-refractivity contribution in [3.63, 3.8) is 0 Å². The Balaban J connectivity index is 0.913. The summed E-state index contributed by atoms with van der Waals surface area (Å²) in [5.74, 6) is 2.48. The summed E-state index contributed by atoms with van der Waals surface area (Å²) in [7, 11) is -3.70. The molecule has 0 spiro atoms. The van der Waals surface area contributed by atoms with Gasteiger partial charge in [0.2, 0.25) is 10.0 Å². The molecule has 1 atom stereocenters. The lowest BCUT2D eigenvalue weighted by Crippen LogP contribution is -2.51. The number of amides is 1. The predicted molar refractivity (Wildman–Crippen MR) is 184 cm³/mol. The summed E-state index contributed by atoms with van der Waals surface area (Å²) in [5.41, 5.74) is 4.94. The molecule has 46 heavy (non-hydrogen) atoms. The lowest BCUT2D eigenvalue weighted by atomic mass is 9.50. The molecule has 4 saturated carbocycles. The zero-order valence-electron chi connectivity index (χ0n) is 27.2. The largest absolute Gasteiger partial charge is 0.494 e. The first kappa shape index (κ1) is 31.3. The summed E-state index contributed by atoms with van der Waals surface area (Å²) in [5, 5.41) is 0. The highest BCUT2D eigenvalue weighted by Crippen LogP contribution is 2.60. The normalized spacial score (nSPS) is 26.6. The Labute approximate surface area is 274 Å². The number of ether oxygens (including phenoxy) is 1. The van der Waals surface area contributed by atoms with Crippen LogP contribution in [0.3, 0.4) is 0 Å². The SMILES string of the molecule is CCOc1cccc(-c2ccc(C(C)N3CCN(c4ccc(C(=O)NS(=O)(=O)CC56CC7CC(CC(C7)C5)C6)cc4)CC3)cc2)c1. The molecular formula is C38H47N3O4S. The van der Waals surface area contributed by atoms with Crippen LogP contribution in [0.4, 0.5) is 5.69 Å². The molecule has 244 valence electrons. The number of anilines is 1. The molecule has 1 N–H and O–H groups in total. The van der Waals surface area contributed by atoms with Crippen LogP contribution < -0.4 is 14.4 Å². The van der Waals surface area contributed by atoms with Gasteiger partial charge in [-0.05, 0) is 129 Å². The highest BCUT2D eigenvalue weighted by Gasteiger charge is 2.52. The number of sulfonamides is 1. The van der Waals surface area contributed by atoms with E-state index in [2.05, 4.69) is 57.8 Å². The van der Waals surface area contributed by atoms with E-state index in [1.807, 2.05) is 31.2 Å². The number of rotatable bonds is 10. The van der Waals surface area contributed by atoms with Crippen LogP contribution in [0.5, 0.6) is 5.75 Å². The number of hydrogen-bond acceptors (Lipinski definition) is 6. The summed E-state index contributed by atoms with van der Waals surface area (Å²) in [6, 6.07) is 24.8. The van der Waals surface area contributed by atoms with Gasteiger partial charge in [0.05, 0.1) is 12.4 Å². The summed E-state index contributed by atoms with van der Waals surface area (Å²) in [6.45, 7) is 8.57. The maximum absolute atomic E-state index is 13.2. The number of hydrogen-bond donors (Lipinski definition) is 1. The van der Waals surface area contributed by atoms with Crippen LogP contribution >= 0.6 is 0 Å². The van der Waals surface area contributed by atoms with Crippen LogP contribution in [0.1, 0.15) is 74.3 Å². The average Bonchev–Trinajstić information content (AvgIpc) is 3.03. The van der Waals surface area contributed by atoms with Gasteiger partial charge in [0, 0.05) is 43.5 Å². The fourth-order valence-corrected chi connectivity index (χ4v) is 11.0. The monoisotopic (exact) mass is 641 g/mol. The molecule has 1 heterocycles. The van der Waals surface area contributed by atoms with E-state index in [1.54, 1.807) is 12.1 Å². The van der Waals surface area contributed by atoms with Gasteiger partial charge in [-0.2, -0.15) is 0 Å². The Morgan fingerprint density at radius 3 is 2.11 bits per heavy atom. The molecule has 5 aliphatic rings. The van der Waals surface area contributed by atoms with Crippen LogP contribution in [-0.4, -0.2) is 57.8 Å². The molecule has 1 aliphatic heterocycles. The molecule has 3 aromatic rings. The fraction of sp³-hybridized carbons (Fsp3) is 0.500. The van der Waals surface area contributed by atoms with Crippen molar-refractivity contribution in [3.8, 4) is 16.9 Å². The Bertz CT molecular complexity index is 1610. The van der Waals surface area contributed by atoms with Crippen molar-refractivity contribution in [2.24, 2.45) is 23.2 Å². The Kier molecular flexibility index (Phi) is 8.62. The lowest BCUT2D eigenvalue weighted by molar-refractivity contribution is -0.0391. The zero-order chi connectivity index (χ0) is 31.9. The molecule has 0 aromatic heterocycles. The molecule has 0 radical (unpaired) electrons. The van der Waals surface area contributed by atoms with Crippen molar-refractivity contribution in [3.05, 3.63) is 83.9 Å². The average molecular weight is 642 g/mol. The number of nitrogens with zero attached hydrogens (tertiary/aromatic N) is 2. The molecule has 1 unspecified atom stereocenters. The van der Waals surface area contributed by atoms with Crippen LogP contribution in [0.15, 0.2) is 72.8 Å². The molecule has 8 rings (SSSR count). The first-order valence-electron chi connectivity index (χ1n) is 17.1. The van der Waals surface area contributed by atoms with E-state index < -0.39 is 15.9 Å². The van der Waals surface area contributed by atoms with Gasteiger partial charge >= 0.3 is 0 Å². The fourth-order valence-electron chi connectivity index (χ4n) is 9.39. The molecule has 4 bridgehead atoms. The Hall–Kier alpha value is -3.36. The van der Waals surface area contributed by atoms with Gasteiger partial charge in [-0.1, -0.05) is 36.4 Å². The third-order valence-corrected chi connectivity index (χ3v) is 12.6. The quantitative estimate of drug-likeness (QED) is 0.259. The van der Waals surface area contributed by atoms with Gasteiger partial charge in [-0.25, -0.2) is 13.1 Å². The summed E-state index contributed by atoms with van der Waals surface area (Å²) < 4.78 is 34.4. The van der Waals surface area contributed by atoms with E-state index >= 15 is 0 Å². The number of piperazine rings is 1. The molecular weight excluding hydrogens is 595 g/mol. The standard InChI is InChI=1S/C38H47N3O4S/c1-3-45-36-6-4-5-34(22-36)32-9-7-31(8-10-32)27(2)40-15-17-41(18-16-40)35-13-11-33(12-14-35)37(42)39-46(43,44)26-38-23-28-19-29(24-38)21-30(20-28)25-38/h4-14,22,27-30H,3,15-21,23-26H2,1-2H3,(H,39,42). The Morgan fingerprint density at radius 1 is 0.870 bits per heavy atom. The van der Waals surface area contributed by atoms with E-state index in [1.165, 1.54) is 30.4 Å². The van der Waals surface area contributed by atoms with Crippen molar-refractivity contribution >= 4 is 21.6 Å². The number of nitrogens with one attached hydrogen (secondary N) is 1. The molecule has 5 fully saturated rings.